The van der Waals surface area contributed by atoms with Crippen LogP contribution in [0.15, 0.2) is 24.3 Å². The van der Waals surface area contributed by atoms with Crippen LogP contribution in [0.3, 0.4) is 0 Å². The molecule has 1 N–H and O–H groups in total. The number of amides is 2. The van der Waals surface area contributed by atoms with Crippen molar-refractivity contribution in [1.29, 1.82) is 0 Å². The zero-order valence-corrected chi connectivity index (χ0v) is 16.7. The highest BCUT2D eigenvalue weighted by atomic mass is 19.1. The van der Waals surface area contributed by atoms with Crippen molar-refractivity contribution in [2.75, 3.05) is 26.8 Å². The van der Waals surface area contributed by atoms with Crippen molar-refractivity contribution >= 4 is 11.8 Å². The first-order valence-electron chi connectivity index (χ1n) is 10.4. The number of carbonyl (C=O) groups excluding carboxylic acids is 2. The maximum Gasteiger partial charge on any atom is 0.251 e. The molecule has 2 aliphatic rings. The minimum Gasteiger partial charge on any atom is -0.385 e. The van der Waals surface area contributed by atoms with Gasteiger partial charge in [-0.2, -0.15) is 0 Å². The minimum absolute atomic E-state index is 0.197. The average molecular weight is 390 g/mol. The highest BCUT2D eigenvalue weighted by molar-refractivity contribution is 5.94. The Morgan fingerprint density at radius 2 is 1.93 bits per heavy atom. The maximum atomic E-state index is 13.1. The number of ether oxygens (including phenoxy) is 1. The molecule has 1 saturated heterocycles. The molecule has 1 saturated carbocycles. The molecule has 0 aromatic heterocycles. The van der Waals surface area contributed by atoms with E-state index in [1.807, 2.05) is 4.90 Å². The topological polar surface area (TPSA) is 58.6 Å². The van der Waals surface area contributed by atoms with E-state index in [0.29, 0.717) is 50.4 Å². The zero-order valence-electron chi connectivity index (χ0n) is 16.7. The van der Waals surface area contributed by atoms with Gasteiger partial charge in [-0.3, -0.25) is 9.59 Å². The van der Waals surface area contributed by atoms with E-state index < -0.39 is 5.54 Å². The Labute approximate surface area is 166 Å². The van der Waals surface area contributed by atoms with Gasteiger partial charge in [-0.05, 0) is 55.9 Å². The average Bonchev–Trinajstić information content (AvgIpc) is 3.12. The molecule has 1 unspecified atom stereocenters. The Hall–Kier alpha value is -1.95. The molecule has 3 rings (SSSR count). The summed E-state index contributed by atoms with van der Waals surface area (Å²) >= 11 is 0. The normalized spacial score (nSPS) is 23.0. The molecule has 28 heavy (non-hydrogen) atoms. The number of benzene rings is 1. The van der Waals surface area contributed by atoms with Crippen LogP contribution in [0.2, 0.25) is 0 Å². The molecule has 1 atom stereocenters. The largest absolute Gasteiger partial charge is 0.385 e. The molecule has 0 bridgehead atoms. The monoisotopic (exact) mass is 390 g/mol. The van der Waals surface area contributed by atoms with Crippen molar-refractivity contribution in [3.8, 4) is 0 Å². The molecule has 2 amide bonds. The maximum absolute atomic E-state index is 13.1. The van der Waals surface area contributed by atoms with Crippen LogP contribution < -0.4 is 5.32 Å². The third kappa shape index (κ3) is 5.31. The first-order valence-corrected chi connectivity index (χ1v) is 10.4. The Balaban J connectivity index is 1.63. The summed E-state index contributed by atoms with van der Waals surface area (Å²) in [5.74, 6) is 0.0925. The molecular weight excluding hydrogens is 359 g/mol. The molecule has 0 radical (unpaired) electrons. The summed E-state index contributed by atoms with van der Waals surface area (Å²) in [5, 5.41) is 3.12. The van der Waals surface area contributed by atoms with Gasteiger partial charge in [0.2, 0.25) is 5.91 Å². The first-order chi connectivity index (χ1) is 13.5. The lowest BCUT2D eigenvalue weighted by atomic mass is 9.86. The van der Waals surface area contributed by atoms with E-state index in [-0.39, 0.29) is 17.6 Å². The molecule has 0 spiro atoms. The Morgan fingerprint density at radius 3 is 2.61 bits per heavy atom. The Bertz CT molecular complexity index is 673. The molecule has 154 valence electrons. The van der Waals surface area contributed by atoms with E-state index >= 15 is 0 Å². The summed E-state index contributed by atoms with van der Waals surface area (Å²) < 4.78 is 18.4. The van der Waals surface area contributed by atoms with Crippen LogP contribution in [0.5, 0.6) is 0 Å². The number of methoxy groups -OCH3 is 1. The van der Waals surface area contributed by atoms with E-state index in [0.717, 1.165) is 12.8 Å². The number of nitrogens with one attached hydrogen (secondary N) is 1. The predicted octanol–water partition coefficient (Wildman–Crippen LogP) is 3.53. The summed E-state index contributed by atoms with van der Waals surface area (Å²) in [6, 6.07) is 5.53. The van der Waals surface area contributed by atoms with E-state index in [1.165, 1.54) is 43.5 Å². The Kier molecular flexibility index (Phi) is 7.05. The van der Waals surface area contributed by atoms with Crippen LogP contribution in [-0.2, 0) is 9.53 Å². The van der Waals surface area contributed by atoms with Gasteiger partial charge >= 0.3 is 0 Å². The Morgan fingerprint density at radius 1 is 1.21 bits per heavy atom. The lowest BCUT2D eigenvalue weighted by Crippen LogP contribution is -2.51. The van der Waals surface area contributed by atoms with Gasteiger partial charge in [0.1, 0.15) is 5.82 Å². The summed E-state index contributed by atoms with van der Waals surface area (Å²) in [7, 11) is 1.64. The second-order valence-electron chi connectivity index (χ2n) is 8.26. The number of carbonyl (C=O) groups is 2. The minimum atomic E-state index is -0.496. The van der Waals surface area contributed by atoms with Crippen molar-refractivity contribution in [2.24, 2.45) is 5.92 Å². The quantitative estimate of drug-likeness (QED) is 0.775. The summed E-state index contributed by atoms with van der Waals surface area (Å²) in [4.78, 5) is 27.4. The second-order valence-corrected chi connectivity index (χ2v) is 8.26. The van der Waals surface area contributed by atoms with Gasteiger partial charge in [-0.15, -0.1) is 0 Å². The van der Waals surface area contributed by atoms with E-state index in [4.69, 9.17) is 4.74 Å². The fraction of sp³-hybridized carbons (Fsp3) is 0.636. The van der Waals surface area contributed by atoms with Gasteiger partial charge in [-0.25, -0.2) is 4.39 Å². The van der Waals surface area contributed by atoms with Crippen LogP contribution in [0.4, 0.5) is 4.39 Å². The summed E-state index contributed by atoms with van der Waals surface area (Å²) in [5.41, 5.74) is -0.0749. The number of halogens is 1. The third-order valence-corrected chi connectivity index (χ3v) is 6.16. The van der Waals surface area contributed by atoms with Gasteiger partial charge in [-0.1, -0.05) is 19.3 Å². The predicted molar refractivity (Wildman–Crippen MR) is 105 cm³/mol. The van der Waals surface area contributed by atoms with E-state index in [2.05, 4.69) is 5.32 Å². The fourth-order valence-corrected chi connectivity index (χ4v) is 4.43. The van der Waals surface area contributed by atoms with Gasteiger partial charge in [0.15, 0.2) is 0 Å². The van der Waals surface area contributed by atoms with Crippen molar-refractivity contribution in [1.82, 2.24) is 10.2 Å². The van der Waals surface area contributed by atoms with Crippen LogP contribution in [-0.4, -0.2) is 49.1 Å². The molecular formula is C22H31FN2O3. The zero-order chi connectivity index (χ0) is 20.0. The van der Waals surface area contributed by atoms with Crippen LogP contribution >= 0.6 is 0 Å². The molecule has 6 heteroatoms. The summed E-state index contributed by atoms with van der Waals surface area (Å²) in [6.07, 6.45) is 8.00. The number of hydrogen-bond donors (Lipinski definition) is 1. The molecule has 2 fully saturated rings. The van der Waals surface area contributed by atoms with Crippen molar-refractivity contribution in [2.45, 2.75) is 56.9 Å². The molecule has 1 aliphatic heterocycles. The molecule has 1 heterocycles. The number of likely N-dealkylation sites (tertiary alicyclic amines) is 1. The molecule has 1 aromatic carbocycles. The van der Waals surface area contributed by atoms with Crippen LogP contribution in [0.25, 0.3) is 0 Å². The highest BCUT2D eigenvalue weighted by Crippen LogP contribution is 2.30. The lowest BCUT2D eigenvalue weighted by Gasteiger charge is -2.31. The van der Waals surface area contributed by atoms with Gasteiger partial charge < -0.3 is 15.0 Å². The molecule has 1 aliphatic carbocycles. The van der Waals surface area contributed by atoms with E-state index in [1.54, 1.807) is 7.11 Å². The number of rotatable bonds is 7. The molecule has 1 aromatic rings. The van der Waals surface area contributed by atoms with Crippen molar-refractivity contribution in [3.05, 3.63) is 35.6 Å². The standard InChI is InChI=1S/C22H31FN2O3/c1-28-14-12-22(24-21(27)18-7-9-19(23)10-8-18)11-13-25(16-22)20(26)15-17-5-3-2-4-6-17/h7-10,17H,2-6,11-16H2,1H3,(H,24,27). The number of hydrogen-bond acceptors (Lipinski definition) is 3. The summed E-state index contributed by atoms with van der Waals surface area (Å²) in [6.45, 7) is 1.67. The molecule has 5 nitrogen and oxygen atoms in total. The van der Waals surface area contributed by atoms with Crippen molar-refractivity contribution in [3.63, 3.8) is 0 Å². The SMILES string of the molecule is COCCC1(NC(=O)c2ccc(F)cc2)CCN(C(=O)CC2CCCCC2)C1. The van der Waals surface area contributed by atoms with Gasteiger partial charge in [0, 0.05) is 38.8 Å². The van der Waals surface area contributed by atoms with Crippen molar-refractivity contribution < 1.29 is 18.7 Å². The highest BCUT2D eigenvalue weighted by Gasteiger charge is 2.41. The van der Waals surface area contributed by atoms with Crippen LogP contribution in [0, 0.1) is 11.7 Å². The van der Waals surface area contributed by atoms with E-state index in [9.17, 15) is 14.0 Å². The first kappa shape index (κ1) is 20.8. The fourth-order valence-electron chi connectivity index (χ4n) is 4.43. The number of nitrogens with zero attached hydrogens (tertiary/aromatic N) is 1. The lowest BCUT2D eigenvalue weighted by molar-refractivity contribution is -0.131. The second kappa shape index (κ2) is 9.50. The smallest absolute Gasteiger partial charge is 0.251 e. The van der Waals surface area contributed by atoms with Crippen LogP contribution in [0.1, 0.15) is 61.7 Å². The third-order valence-electron chi connectivity index (χ3n) is 6.16. The van der Waals surface area contributed by atoms with Gasteiger partial charge in [0.05, 0.1) is 5.54 Å². The van der Waals surface area contributed by atoms with Gasteiger partial charge in [0.25, 0.3) is 5.91 Å².